The first-order valence-corrected chi connectivity index (χ1v) is 10.2. The summed E-state index contributed by atoms with van der Waals surface area (Å²) in [5.41, 5.74) is 1.58. The van der Waals surface area contributed by atoms with E-state index < -0.39 is 38.3 Å². The molecule has 0 aliphatic heterocycles. The topological polar surface area (TPSA) is 74.7 Å². The third kappa shape index (κ3) is 4.86. The van der Waals surface area contributed by atoms with Crippen molar-refractivity contribution in [3.8, 4) is 0 Å². The first kappa shape index (κ1) is 21.3. The molecule has 5 nitrogen and oxygen atoms in total. The summed E-state index contributed by atoms with van der Waals surface area (Å²) in [5, 5.41) is 8.80. The number of nitrogens with zero attached hydrogens (tertiary/aromatic N) is 1. The summed E-state index contributed by atoms with van der Waals surface area (Å²) in [5.74, 6) is -2.50. The molecule has 2 rings (SSSR count). The molecule has 27 heavy (non-hydrogen) atoms. The fraction of sp³-hybridized carbons (Fsp3) is 0.316. The van der Waals surface area contributed by atoms with Gasteiger partial charge in [0.2, 0.25) is 10.0 Å². The molecule has 2 aromatic carbocycles. The van der Waals surface area contributed by atoms with Crippen molar-refractivity contribution < 1.29 is 22.7 Å². The Bertz CT molecular complexity index is 943. The Labute approximate surface area is 163 Å². The summed E-state index contributed by atoms with van der Waals surface area (Å²) >= 11 is 5.71. The average molecular weight is 414 g/mol. The van der Waals surface area contributed by atoms with Gasteiger partial charge in [0.25, 0.3) is 0 Å². The lowest BCUT2D eigenvalue weighted by atomic mass is 10.1. The second-order valence-electron chi connectivity index (χ2n) is 6.51. The lowest BCUT2D eigenvalue weighted by Crippen LogP contribution is -2.39. The van der Waals surface area contributed by atoms with Crippen molar-refractivity contribution in [3.63, 3.8) is 0 Å². The zero-order valence-corrected chi connectivity index (χ0v) is 16.8. The fourth-order valence-corrected chi connectivity index (χ4v) is 4.61. The lowest BCUT2D eigenvalue weighted by Gasteiger charge is -2.26. The minimum absolute atomic E-state index is 0.132. The van der Waals surface area contributed by atoms with Crippen LogP contribution < -0.4 is 0 Å². The Morgan fingerprint density at radius 3 is 2.33 bits per heavy atom. The molecule has 0 bridgehead atoms. The maximum absolute atomic E-state index is 14.3. The number of benzene rings is 2. The Kier molecular flexibility index (Phi) is 6.62. The van der Waals surface area contributed by atoms with E-state index in [9.17, 15) is 17.6 Å². The zero-order valence-electron chi connectivity index (χ0n) is 15.2. The van der Waals surface area contributed by atoms with E-state index in [0.29, 0.717) is 6.42 Å². The second kappa shape index (κ2) is 8.37. The van der Waals surface area contributed by atoms with Crippen molar-refractivity contribution >= 4 is 27.6 Å². The summed E-state index contributed by atoms with van der Waals surface area (Å²) in [6.45, 7) is 5.45. The summed E-state index contributed by atoms with van der Waals surface area (Å²) in [7, 11) is -4.25. The van der Waals surface area contributed by atoms with Crippen LogP contribution in [0.15, 0.2) is 41.3 Å². The first-order chi connectivity index (χ1) is 12.5. The fourth-order valence-electron chi connectivity index (χ4n) is 2.67. The normalized spacial score (nSPS) is 12.0. The van der Waals surface area contributed by atoms with E-state index in [1.54, 1.807) is 13.8 Å². The SMILES string of the molecule is Cc1ccc(CCN(C(C)C)S(=O)(=O)c2cc(C(=O)O)c(Cl)cc2F)cc1. The first-order valence-electron chi connectivity index (χ1n) is 8.33. The predicted molar refractivity (Wildman–Crippen MR) is 102 cm³/mol. The third-order valence-corrected chi connectivity index (χ3v) is 6.56. The van der Waals surface area contributed by atoms with Crippen LogP contribution in [0.5, 0.6) is 0 Å². The van der Waals surface area contributed by atoms with Crippen LogP contribution in [-0.2, 0) is 16.4 Å². The largest absolute Gasteiger partial charge is 0.478 e. The van der Waals surface area contributed by atoms with Gasteiger partial charge < -0.3 is 5.11 Å². The molecule has 8 heteroatoms. The molecule has 0 atom stereocenters. The predicted octanol–water partition coefficient (Wildman–Crippen LogP) is 4.13. The standard InChI is InChI=1S/C19H21ClFNO4S/c1-12(2)22(9-8-14-6-4-13(3)5-7-14)27(25,26)18-10-15(19(23)24)16(20)11-17(18)21/h4-7,10-12H,8-9H2,1-3H3,(H,23,24). The Morgan fingerprint density at radius 1 is 1.22 bits per heavy atom. The van der Waals surface area contributed by atoms with Crippen LogP contribution in [0, 0.1) is 12.7 Å². The number of carbonyl (C=O) groups is 1. The molecular formula is C19H21ClFNO4S. The van der Waals surface area contributed by atoms with Crippen molar-refractivity contribution in [1.29, 1.82) is 0 Å². The van der Waals surface area contributed by atoms with E-state index in [1.165, 1.54) is 0 Å². The van der Waals surface area contributed by atoms with E-state index in [0.717, 1.165) is 27.6 Å². The number of aromatic carboxylic acids is 1. The van der Waals surface area contributed by atoms with Crippen molar-refractivity contribution in [2.24, 2.45) is 0 Å². The minimum Gasteiger partial charge on any atom is -0.478 e. The summed E-state index contributed by atoms with van der Waals surface area (Å²) in [6.07, 6.45) is 0.443. The van der Waals surface area contributed by atoms with Gasteiger partial charge in [-0.3, -0.25) is 0 Å². The molecule has 0 fully saturated rings. The van der Waals surface area contributed by atoms with Gasteiger partial charge in [0.15, 0.2) is 0 Å². The van der Waals surface area contributed by atoms with Gasteiger partial charge in [-0.2, -0.15) is 4.31 Å². The van der Waals surface area contributed by atoms with Crippen molar-refractivity contribution in [2.45, 2.75) is 38.1 Å². The Hall–Kier alpha value is -1.96. The highest BCUT2D eigenvalue weighted by Gasteiger charge is 2.31. The quantitative estimate of drug-likeness (QED) is 0.740. The van der Waals surface area contributed by atoms with Crippen LogP contribution in [0.3, 0.4) is 0 Å². The molecule has 0 heterocycles. The Morgan fingerprint density at radius 2 is 1.81 bits per heavy atom. The van der Waals surface area contributed by atoms with Crippen molar-refractivity contribution in [1.82, 2.24) is 4.31 Å². The summed E-state index contributed by atoms with van der Waals surface area (Å²) in [4.78, 5) is 10.5. The summed E-state index contributed by atoms with van der Waals surface area (Å²) in [6, 6.07) is 8.73. The van der Waals surface area contributed by atoms with E-state index >= 15 is 0 Å². The molecule has 0 unspecified atom stereocenters. The molecule has 0 aliphatic rings. The molecule has 1 N–H and O–H groups in total. The van der Waals surface area contributed by atoms with Gasteiger partial charge in [-0.25, -0.2) is 17.6 Å². The molecule has 0 spiro atoms. The molecular weight excluding hydrogens is 393 g/mol. The van der Waals surface area contributed by atoms with Gasteiger partial charge in [-0.1, -0.05) is 41.4 Å². The molecule has 146 valence electrons. The van der Waals surface area contributed by atoms with Crippen LogP contribution in [-0.4, -0.2) is 36.4 Å². The van der Waals surface area contributed by atoms with Crippen LogP contribution in [0.2, 0.25) is 5.02 Å². The van der Waals surface area contributed by atoms with E-state index in [1.807, 2.05) is 31.2 Å². The molecule has 2 aromatic rings. The van der Waals surface area contributed by atoms with Gasteiger partial charge in [0.05, 0.1) is 10.6 Å². The van der Waals surface area contributed by atoms with Crippen LogP contribution >= 0.6 is 11.6 Å². The summed E-state index contributed by atoms with van der Waals surface area (Å²) < 4.78 is 41.5. The third-order valence-electron chi connectivity index (χ3n) is 4.16. The number of carboxylic acid groups (broad SMARTS) is 1. The highest BCUT2D eigenvalue weighted by molar-refractivity contribution is 7.89. The van der Waals surface area contributed by atoms with Crippen LogP contribution in [0.1, 0.15) is 35.3 Å². The van der Waals surface area contributed by atoms with Gasteiger partial charge in [-0.05, 0) is 44.9 Å². The highest BCUT2D eigenvalue weighted by atomic mass is 35.5. The molecule has 0 aliphatic carbocycles. The second-order valence-corrected chi connectivity index (χ2v) is 8.78. The van der Waals surface area contributed by atoms with Gasteiger partial charge in [-0.15, -0.1) is 0 Å². The molecule has 0 radical (unpaired) electrons. The number of aryl methyl sites for hydroxylation is 1. The average Bonchev–Trinajstić information content (AvgIpc) is 2.55. The maximum atomic E-state index is 14.3. The Balaban J connectivity index is 2.39. The van der Waals surface area contributed by atoms with Crippen molar-refractivity contribution in [2.75, 3.05) is 6.54 Å². The minimum atomic E-state index is -4.25. The van der Waals surface area contributed by atoms with Gasteiger partial charge in [0.1, 0.15) is 10.7 Å². The monoisotopic (exact) mass is 413 g/mol. The number of carboxylic acids is 1. The van der Waals surface area contributed by atoms with E-state index in [-0.39, 0.29) is 11.6 Å². The number of halogens is 2. The highest BCUT2D eigenvalue weighted by Crippen LogP contribution is 2.27. The number of hydrogen-bond acceptors (Lipinski definition) is 3. The van der Waals surface area contributed by atoms with Crippen LogP contribution in [0.4, 0.5) is 4.39 Å². The zero-order chi connectivity index (χ0) is 20.4. The number of hydrogen-bond donors (Lipinski definition) is 1. The van der Waals surface area contributed by atoms with E-state index in [4.69, 9.17) is 16.7 Å². The van der Waals surface area contributed by atoms with Crippen LogP contribution in [0.25, 0.3) is 0 Å². The number of rotatable bonds is 7. The lowest BCUT2D eigenvalue weighted by molar-refractivity contribution is 0.0696. The maximum Gasteiger partial charge on any atom is 0.337 e. The van der Waals surface area contributed by atoms with Gasteiger partial charge >= 0.3 is 5.97 Å². The molecule has 0 amide bonds. The van der Waals surface area contributed by atoms with E-state index in [2.05, 4.69) is 0 Å². The number of sulfonamides is 1. The molecule has 0 saturated carbocycles. The molecule has 0 saturated heterocycles. The van der Waals surface area contributed by atoms with Gasteiger partial charge in [0, 0.05) is 12.6 Å². The smallest absolute Gasteiger partial charge is 0.337 e. The molecule has 0 aromatic heterocycles. The van der Waals surface area contributed by atoms with Crippen molar-refractivity contribution in [3.05, 3.63) is 63.9 Å².